The highest BCUT2D eigenvalue weighted by Gasteiger charge is 2.52. The first kappa shape index (κ1) is 50.5. The molecular formula is C37H67NO21. The van der Waals surface area contributed by atoms with Crippen molar-refractivity contribution in [1.82, 2.24) is 4.90 Å². The van der Waals surface area contributed by atoms with Gasteiger partial charge in [-0.1, -0.05) is 6.42 Å². The highest BCUT2D eigenvalue weighted by atomic mass is 16.7. The van der Waals surface area contributed by atoms with Crippen LogP contribution in [0.5, 0.6) is 0 Å². The molecule has 0 saturated carbocycles. The van der Waals surface area contributed by atoms with E-state index in [2.05, 4.69) is 4.90 Å². The van der Waals surface area contributed by atoms with E-state index in [1.165, 1.54) is 6.92 Å². The molecule has 346 valence electrons. The van der Waals surface area contributed by atoms with Crippen LogP contribution in [0.15, 0.2) is 0 Å². The van der Waals surface area contributed by atoms with Gasteiger partial charge in [-0.25, -0.2) is 0 Å². The molecule has 1 unspecified atom stereocenters. The monoisotopic (exact) mass is 861 g/mol. The van der Waals surface area contributed by atoms with Gasteiger partial charge in [0, 0.05) is 13.0 Å². The van der Waals surface area contributed by atoms with Crippen LogP contribution in [0.2, 0.25) is 0 Å². The average Bonchev–Trinajstić information content (AvgIpc) is 3.21. The summed E-state index contributed by atoms with van der Waals surface area (Å²) in [6, 6.07) is 0. The summed E-state index contributed by atoms with van der Waals surface area (Å²) in [6.45, 7) is 2.46. The summed E-state index contributed by atoms with van der Waals surface area (Å²) in [5, 5.41) is 135. The lowest BCUT2D eigenvalue weighted by Gasteiger charge is -2.46. The summed E-state index contributed by atoms with van der Waals surface area (Å²) in [5.74, 6) is 0.0937. The normalized spacial score (nSPS) is 43.3. The molecule has 4 fully saturated rings. The van der Waals surface area contributed by atoms with Crippen LogP contribution in [0, 0.1) is 0 Å². The Morgan fingerprint density at radius 3 is 1.66 bits per heavy atom. The van der Waals surface area contributed by atoms with E-state index >= 15 is 0 Å². The minimum atomic E-state index is -1.89. The molecule has 0 aromatic carbocycles. The van der Waals surface area contributed by atoms with Crippen molar-refractivity contribution in [3.63, 3.8) is 0 Å². The number of unbranched alkanes of at least 4 members (excludes halogenated alkanes) is 3. The van der Waals surface area contributed by atoms with Gasteiger partial charge >= 0.3 is 0 Å². The molecule has 4 heterocycles. The number of ketones is 1. The number of nitrogens with zero attached hydrogens (tertiary/aromatic N) is 1. The molecule has 0 aromatic rings. The number of aliphatic hydroxyl groups excluding tert-OH is 13. The van der Waals surface area contributed by atoms with Crippen LogP contribution in [0.1, 0.15) is 58.8 Å². The van der Waals surface area contributed by atoms with Crippen molar-refractivity contribution >= 4 is 5.78 Å². The molecule has 0 aliphatic carbocycles. The van der Waals surface area contributed by atoms with E-state index in [0.29, 0.717) is 45.3 Å². The van der Waals surface area contributed by atoms with Crippen molar-refractivity contribution in [2.75, 3.05) is 46.1 Å². The highest BCUT2D eigenvalue weighted by molar-refractivity contribution is 5.75. The van der Waals surface area contributed by atoms with Crippen molar-refractivity contribution < 1.29 is 104 Å². The standard InChI is InChI=1S/C37H67NO21/c1-17(41)8-4-3-6-10-38(11-7-5-9-19-24(43)28(47)23(42)18(2)55-19)12-13-53-36-33(52)34(59-37-32(51)30(49)26(45)21(15-40)57-37)27(46)22(58-36)16-54-35-31(50)29(48)25(44)20(14-39)56-35/h18-37,39-40,42-52H,3-16H2,1-2H3/t18-,19-,20+,21+,22+,23+,24+,25+,26+,27?,28+,29-,30-,31-,32-,33-,34-,35-,36-,37+/m0/s1. The summed E-state index contributed by atoms with van der Waals surface area (Å²) in [4.78, 5) is 13.5. The van der Waals surface area contributed by atoms with Gasteiger partial charge in [0.15, 0.2) is 18.9 Å². The smallest absolute Gasteiger partial charge is 0.187 e. The maximum absolute atomic E-state index is 11.4. The zero-order valence-corrected chi connectivity index (χ0v) is 33.5. The fourth-order valence-corrected chi connectivity index (χ4v) is 7.64. The van der Waals surface area contributed by atoms with E-state index in [1.807, 2.05) is 0 Å². The van der Waals surface area contributed by atoms with Crippen molar-refractivity contribution in [3.8, 4) is 0 Å². The van der Waals surface area contributed by atoms with Gasteiger partial charge in [-0.3, -0.25) is 0 Å². The summed E-state index contributed by atoms with van der Waals surface area (Å²) >= 11 is 0. The molecule has 0 spiro atoms. The molecule has 4 saturated heterocycles. The zero-order valence-electron chi connectivity index (χ0n) is 33.5. The number of Topliss-reactive ketones (excluding diaryl/α,β-unsaturated/α-hetero) is 1. The number of carbonyl (C=O) groups excluding carboxylic acids is 1. The second-order valence-electron chi connectivity index (χ2n) is 15.9. The first-order valence-electron chi connectivity index (χ1n) is 20.4. The third-order valence-electron chi connectivity index (χ3n) is 11.4. The maximum atomic E-state index is 11.4. The quantitative estimate of drug-likeness (QED) is 0.0451. The molecule has 20 atom stereocenters. The van der Waals surface area contributed by atoms with Crippen LogP contribution in [0.25, 0.3) is 0 Å². The number of hydrogen-bond donors (Lipinski definition) is 13. The first-order valence-corrected chi connectivity index (χ1v) is 20.4. The SMILES string of the molecule is CC(=O)CCCCCN(CCCC[C@@H]1O[C@@H](C)[C@@H](O)[C@@H](O)[C@@H]1O)CCO[C@H]1O[C@H](CO[C@H]2O[C@H](CO)[C@@H](O)[C@H](O)[C@@H]2O)C(O)[C@H](O[C@H]2O[C@H](CO)[C@@H](O)[C@H](O)[C@@H]2O)[C@@H]1O. The third-order valence-corrected chi connectivity index (χ3v) is 11.4. The molecular weight excluding hydrogens is 794 g/mol. The largest absolute Gasteiger partial charge is 0.394 e. The Labute approximate surface area is 342 Å². The average molecular weight is 862 g/mol. The number of hydrogen-bond acceptors (Lipinski definition) is 22. The van der Waals surface area contributed by atoms with Gasteiger partial charge in [0.05, 0.1) is 38.6 Å². The Balaban J connectivity index is 1.42. The molecule has 4 rings (SSSR count). The Bertz CT molecular complexity index is 1220. The molecule has 4 aliphatic heterocycles. The van der Waals surface area contributed by atoms with Gasteiger partial charge in [0.2, 0.25) is 0 Å². The molecule has 0 amide bonds. The second kappa shape index (κ2) is 24.0. The number of ether oxygens (including phenoxy) is 7. The van der Waals surface area contributed by atoms with E-state index in [-0.39, 0.29) is 12.4 Å². The van der Waals surface area contributed by atoms with Crippen LogP contribution in [0.3, 0.4) is 0 Å². The van der Waals surface area contributed by atoms with Gasteiger partial charge in [0.1, 0.15) is 97.3 Å². The third kappa shape index (κ3) is 13.4. The Hall–Kier alpha value is -1.17. The molecule has 0 aromatic heterocycles. The lowest BCUT2D eigenvalue weighted by molar-refractivity contribution is -0.366. The van der Waals surface area contributed by atoms with E-state index < -0.39 is 142 Å². The second-order valence-corrected chi connectivity index (χ2v) is 15.9. The maximum Gasteiger partial charge on any atom is 0.187 e. The summed E-state index contributed by atoms with van der Waals surface area (Å²) < 4.78 is 39.8. The van der Waals surface area contributed by atoms with Crippen LogP contribution in [-0.2, 0) is 38.0 Å². The Kier molecular flexibility index (Phi) is 20.6. The van der Waals surface area contributed by atoms with E-state index in [9.17, 15) is 71.2 Å². The van der Waals surface area contributed by atoms with Gasteiger partial charge in [-0.05, 0) is 59.0 Å². The van der Waals surface area contributed by atoms with E-state index in [1.54, 1.807) is 6.92 Å². The lowest BCUT2D eigenvalue weighted by Crippen LogP contribution is -2.65. The Morgan fingerprint density at radius 2 is 1.05 bits per heavy atom. The molecule has 22 heteroatoms. The van der Waals surface area contributed by atoms with Crippen LogP contribution in [-0.4, -0.2) is 246 Å². The van der Waals surface area contributed by atoms with Crippen molar-refractivity contribution in [1.29, 1.82) is 0 Å². The topological polar surface area (TPSA) is 348 Å². The fourth-order valence-electron chi connectivity index (χ4n) is 7.64. The van der Waals surface area contributed by atoms with Crippen molar-refractivity contribution in [3.05, 3.63) is 0 Å². The molecule has 22 nitrogen and oxygen atoms in total. The summed E-state index contributed by atoms with van der Waals surface area (Å²) in [6.07, 6.45) is -25.6. The minimum Gasteiger partial charge on any atom is -0.394 e. The fraction of sp³-hybridized carbons (Fsp3) is 0.973. The predicted molar refractivity (Wildman–Crippen MR) is 197 cm³/mol. The first-order chi connectivity index (χ1) is 28.0. The lowest BCUT2D eigenvalue weighted by atomic mass is 9.93. The molecule has 0 bridgehead atoms. The van der Waals surface area contributed by atoms with Gasteiger partial charge in [0.25, 0.3) is 0 Å². The van der Waals surface area contributed by atoms with E-state index in [0.717, 1.165) is 19.3 Å². The number of aliphatic hydroxyl groups is 13. The summed E-state index contributed by atoms with van der Waals surface area (Å²) in [5.41, 5.74) is 0. The number of rotatable bonds is 22. The number of carbonyl (C=O) groups is 1. The Morgan fingerprint density at radius 1 is 0.525 bits per heavy atom. The zero-order chi connectivity index (χ0) is 43.6. The highest BCUT2D eigenvalue weighted by Crippen LogP contribution is 2.31. The van der Waals surface area contributed by atoms with Crippen molar-refractivity contribution in [2.45, 2.75) is 181 Å². The van der Waals surface area contributed by atoms with Gasteiger partial charge in [-0.2, -0.15) is 0 Å². The van der Waals surface area contributed by atoms with Crippen LogP contribution >= 0.6 is 0 Å². The predicted octanol–water partition coefficient (Wildman–Crippen LogP) is -6.06. The van der Waals surface area contributed by atoms with Crippen LogP contribution in [0.4, 0.5) is 0 Å². The molecule has 59 heavy (non-hydrogen) atoms. The summed E-state index contributed by atoms with van der Waals surface area (Å²) in [7, 11) is 0. The molecule has 0 radical (unpaired) electrons. The van der Waals surface area contributed by atoms with Gasteiger partial charge in [-0.15, -0.1) is 0 Å². The molecule has 4 aliphatic rings. The van der Waals surface area contributed by atoms with Crippen molar-refractivity contribution in [2.24, 2.45) is 0 Å². The van der Waals surface area contributed by atoms with Crippen LogP contribution < -0.4 is 0 Å². The van der Waals surface area contributed by atoms with E-state index in [4.69, 9.17) is 33.2 Å². The minimum absolute atomic E-state index is 0.0512. The van der Waals surface area contributed by atoms with Gasteiger partial charge < -0.3 is 109 Å². The molecule has 13 N–H and O–H groups in total.